The Labute approximate surface area is 449 Å². The molecule has 2 unspecified atom stereocenters. The number of fused-ring (bicyclic) bond motifs is 1. The van der Waals surface area contributed by atoms with Gasteiger partial charge in [0.15, 0.2) is 5.82 Å². The van der Waals surface area contributed by atoms with Gasteiger partial charge in [0, 0.05) is 91.9 Å². The van der Waals surface area contributed by atoms with Crippen molar-refractivity contribution in [3.05, 3.63) is 126 Å². The van der Waals surface area contributed by atoms with Gasteiger partial charge in [0.25, 0.3) is 11.8 Å². The van der Waals surface area contributed by atoms with Gasteiger partial charge in [-0.2, -0.15) is 0 Å². The molecule has 5 fully saturated rings. The fourth-order valence-corrected chi connectivity index (χ4v) is 12.3. The molecule has 2 N–H and O–H groups in total. The van der Waals surface area contributed by atoms with E-state index in [1.54, 1.807) is 55.0 Å². The summed E-state index contributed by atoms with van der Waals surface area (Å²) in [5.41, 5.74) is 6.57. The standard InChI is InChI=1S/C60H68FN11O5/c1-38(2)71-36-63-51-33-50(65-56(55(51)71)64-49-11-7-6-10-48(49)61)42-16-19-47(52(30-42)72(37-73)45-31-44(32-45)67-24-8-5-9-25-67)60(4)22-26-68(27-23-60)58(76)40-12-14-41(15-13-40)59(77)70-29-28-69(35-39(70)3)53-20-17-43(34-62-53)46-18-21-54(74)66-57(46)75/h6-7,10-17,19-20,30,33-34,36-39,44-46H,5,8-9,18,21-29,31-32,35H2,1-4H3,(H,64,65)(H,66,74,75). The van der Waals surface area contributed by atoms with E-state index in [1.165, 1.54) is 25.3 Å². The highest BCUT2D eigenvalue weighted by Gasteiger charge is 2.42. The SMILES string of the molecule is CC1CN(c2ccc(C3CCC(=O)NC3=O)cn2)CCN1C(=O)c1ccc(C(=O)N2CCC(C)(c3ccc(-c4cc5ncn(C(C)C)c5c(Nc5ccccc5F)n4)cc3N(C=O)C3CC(N4CCCCC4)C3)CC2)cc1. The van der Waals surface area contributed by atoms with Gasteiger partial charge in [0.05, 0.1) is 29.1 Å². The number of imide groups is 1. The predicted octanol–water partition coefficient (Wildman–Crippen LogP) is 9.00. The molecule has 5 amide bonds. The maximum Gasteiger partial charge on any atom is 0.254 e. The number of hydrogen-bond acceptors (Lipinski definition) is 11. The number of nitrogens with zero attached hydrogens (tertiary/aromatic N) is 9. The van der Waals surface area contributed by atoms with Crippen molar-refractivity contribution in [3.63, 3.8) is 0 Å². The van der Waals surface area contributed by atoms with E-state index in [-0.39, 0.29) is 47.2 Å². The van der Waals surface area contributed by atoms with Crippen LogP contribution in [0.5, 0.6) is 0 Å². The summed E-state index contributed by atoms with van der Waals surface area (Å²) in [5.74, 6) is -0.270. The number of para-hydroxylation sites is 1. The molecule has 4 aliphatic heterocycles. The molecule has 2 atom stereocenters. The van der Waals surface area contributed by atoms with Crippen LogP contribution in [0.1, 0.15) is 129 Å². The highest BCUT2D eigenvalue weighted by molar-refractivity contribution is 6.01. The molecule has 400 valence electrons. The first-order valence-electron chi connectivity index (χ1n) is 27.5. The first kappa shape index (κ1) is 51.6. The molecule has 0 spiro atoms. The van der Waals surface area contributed by atoms with E-state index < -0.39 is 11.7 Å². The van der Waals surface area contributed by atoms with Crippen LogP contribution < -0.4 is 20.4 Å². The summed E-state index contributed by atoms with van der Waals surface area (Å²) < 4.78 is 17.2. The number of pyridine rings is 2. The molecule has 3 aromatic heterocycles. The van der Waals surface area contributed by atoms with Crippen LogP contribution in [-0.4, -0.2) is 128 Å². The summed E-state index contributed by atoms with van der Waals surface area (Å²) in [7, 11) is 0. The summed E-state index contributed by atoms with van der Waals surface area (Å²) in [6.45, 7) is 13.3. The van der Waals surface area contributed by atoms with Crippen LogP contribution in [0.15, 0.2) is 97.5 Å². The number of piperazine rings is 1. The monoisotopic (exact) mass is 1040 g/mol. The Bertz CT molecular complexity index is 3200. The molecule has 1 aliphatic carbocycles. The molecule has 7 heterocycles. The van der Waals surface area contributed by atoms with Crippen molar-refractivity contribution in [2.45, 2.75) is 121 Å². The van der Waals surface area contributed by atoms with Crippen molar-refractivity contribution in [3.8, 4) is 11.3 Å². The van der Waals surface area contributed by atoms with E-state index in [0.29, 0.717) is 98.3 Å². The van der Waals surface area contributed by atoms with Crippen molar-refractivity contribution in [2.75, 3.05) is 60.9 Å². The molecule has 0 bridgehead atoms. The number of carbonyl (C=O) groups excluding carboxylic acids is 5. The van der Waals surface area contributed by atoms with Crippen LogP contribution in [-0.2, 0) is 19.8 Å². The molecular weight excluding hydrogens is 974 g/mol. The van der Waals surface area contributed by atoms with Gasteiger partial charge in [0.1, 0.15) is 17.2 Å². The number of hydrogen-bond donors (Lipinski definition) is 2. The minimum atomic E-state index is -0.399. The van der Waals surface area contributed by atoms with Crippen molar-refractivity contribution in [2.24, 2.45) is 0 Å². The Morgan fingerprint density at radius 3 is 2.29 bits per heavy atom. The Balaban J connectivity index is 0.790. The minimum Gasteiger partial charge on any atom is -0.353 e. The zero-order valence-corrected chi connectivity index (χ0v) is 44.5. The van der Waals surface area contributed by atoms with Crippen LogP contribution in [0.25, 0.3) is 22.3 Å². The quantitative estimate of drug-likeness (QED) is 0.0837. The third-order valence-corrected chi connectivity index (χ3v) is 17.1. The summed E-state index contributed by atoms with van der Waals surface area (Å²) in [6.07, 6.45) is 12.1. The van der Waals surface area contributed by atoms with Crippen molar-refractivity contribution in [1.29, 1.82) is 0 Å². The number of amides is 5. The third kappa shape index (κ3) is 10.3. The normalized spacial score (nSPS) is 21.9. The first-order chi connectivity index (χ1) is 37.2. The van der Waals surface area contributed by atoms with Crippen molar-refractivity contribution in [1.82, 2.24) is 39.5 Å². The van der Waals surface area contributed by atoms with Crippen LogP contribution >= 0.6 is 0 Å². The Morgan fingerprint density at radius 2 is 1.61 bits per heavy atom. The molecule has 0 radical (unpaired) electrons. The number of nitrogens with one attached hydrogen (secondary N) is 2. The molecule has 1 saturated carbocycles. The largest absolute Gasteiger partial charge is 0.353 e. The lowest BCUT2D eigenvalue weighted by atomic mass is 9.72. The number of benzene rings is 3. The molecule has 11 rings (SSSR count). The molecule has 5 aliphatic rings. The van der Waals surface area contributed by atoms with Gasteiger partial charge >= 0.3 is 0 Å². The number of imidazole rings is 1. The van der Waals surface area contributed by atoms with E-state index >= 15 is 4.39 Å². The Hall–Kier alpha value is -7.53. The smallest absolute Gasteiger partial charge is 0.254 e. The molecule has 3 aromatic carbocycles. The summed E-state index contributed by atoms with van der Waals surface area (Å²) >= 11 is 0. The predicted molar refractivity (Wildman–Crippen MR) is 295 cm³/mol. The van der Waals surface area contributed by atoms with E-state index in [0.717, 1.165) is 66.1 Å². The number of halogens is 1. The van der Waals surface area contributed by atoms with Gasteiger partial charge in [-0.25, -0.2) is 19.3 Å². The molecule has 6 aromatic rings. The second kappa shape index (κ2) is 21.5. The summed E-state index contributed by atoms with van der Waals surface area (Å²) in [5, 5.41) is 5.69. The number of rotatable bonds is 13. The van der Waals surface area contributed by atoms with Gasteiger partial charge in [-0.3, -0.25) is 29.3 Å². The van der Waals surface area contributed by atoms with Crippen LogP contribution in [0, 0.1) is 5.82 Å². The average Bonchev–Trinajstić information content (AvgIpc) is 3.93. The van der Waals surface area contributed by atoms with Gasteiger partial charge < -0.3 is 34.4 Å². The maximum absolute atomic E-state index is 15.1. The van der Waals surface area contributed by atoms with E-state index in [9.17, 15) is 24.0 Å². The van der Waals surface area contributed by atoms with Gasteiger partial charge in [0.2, 0.25) is 18.2 Å². The topological polar surface area (TPSA) is 169 Å². The number of piperidine rings is 3. The van der Waals surface area contributed by atoms with E-state index in [2.05, 4.69) is 64.4 Å². The number of anilines is 4. The van der Waals surface area contributed by atoms with Gasteiger partial charge in [-0.15, -0.1) is 0 Å². The average molecular weight is 1040 g/mol. The van der Waals surface area contributed by atoms with Gasteiger partial charge in [-0.1, -0.05) is 43.7 Å². The first-order valence-corrected chi connectivity index (χ1v) is 27.5. The van der Waals surface area contributed by atoms with Crippen LogP contribution in [0.3, 0.4) is 0 Å². The molecule has 4 saturated heterocycles. The number of carbonyl (C=O) groups is 5. The second-order valence-electron chi connectivity index (χ2n) is 22.4. The lowest BCUT2D eigenvalue weighted by Gasteiger charge is -2.49. The highest BCUT2D eigenvalue weighted by Crippen LogP contribution is 2.45. The summed E-state index contributed by atoms with van der Waals surface area (Å²) in [4.78, 5) is 90.7. The lowest BCUT2D eigenvalue weighted by Crippen LogP contribution is -2.55. The fourth-order valence-electron chi connectivity index (χ4n) is 12.3. The second-order valence-corrected chi connectivity index (χ2v) is 22.4. The molecule has 16 nitrogen and oxygen atoms in total. The van der Waals surface area contributed by atoms with Crippen molar-refractivity contribution < 1.29 is 28.4 Å². The van der Waals surface area contributed by atoms with Crippen LogP contribution in [0.4, 0.5) is 27.4 Å². The molecule has 77 heavy (non-hydrogen) atoms. The lowest BCUT2D eigenvalue weighted by molar-refractivity contribution is -0.134. The Morgan fingerprint density at radius 1 is 0.870 bits per heavy atom. The zero-order chi connectivity index (χ0) is 53.5. The third-order valence-electron chi connectivity index (χ3n) is 17.1. The number of likely N-dealkylation sites (tertiary alicyclic amines) is 2. The maximum atomic E-state index is 15.1. The van der Waals surface area contributed by atoms with E-state index in [4.69, 9.17) is 9.97 Å². The van der Waals surface area contributed by atoms with Gasteiger partial charge in [-0.05, 0) is 150 Å². The molecular formula is C60H68FN11O5. The fraction of sp³-hybridized carbons (Fsp3) is 0.433. The van der Waals surface area contributed by atoms with E-state index in [1.807, 2.05) is 44.4 Å². The number of aromatic nitrogens is 4. The minimum absolute atomic E-state index is 0.0344. The van der Waals surface area contributed by atoms with Crippen molar-refractivity contribution >= 4 is 64.1 Å². The highest BCUT2D eigenvalue weighted by atomic mass is 19.1. The van der Waals surface area contributed by atoms with Crippen LogP contribution in [0.2, 0.25) is 0 Å². The zero-order valence-electron chi connectivity index (χ0n) is 44.5. The molecule has 17 heteroatoms. The summed E-state index contributed by atoms with van der Waals surface area (Å²) in [6, 6.07) is 26.0. The Kier molecular flexibility index (Phi) is 14.4.